The minimum absolute atomic E-state index is 0.101. The Balaban J connectivity index is 1.75. The van der Waals surface area contributed by atoms with Crippen LogP contribution in [-0.4, -0.2) is 39.8 Å². The van der Waals surface area contributed by atoms with Gasteiger partial charge >= 0.3 is 0 Å². The van der Waals surface area contributed by atoms with E-state index in [9.17, 15) is 14.9 Å². The number of aryl methyl sites for hydroxylation is 1. The Morgan fingerprint density at radius 3 is 2.58 bits per heavy atom. The zero-order chi connectivity index (χ0) is 22.4. The topological polar surface area (TPSA) is 81.9 Å². The fourth-order valence-electron chi connectivity index (χ4n) is 2.77. The fraction of sp³-hybridized carbons (Fsp3) is 0.182. The number of hydrogen-bond acceptors (Lipinski definition) is 7. The molecule has 160 valence electrons. The molecule has 1 saturated heterocycles. The molecule has 0 atom stereocenters. The van der Waals surface area contributed by atoms with Gasteiger partial charge < -0.3 is 9.47 Å². The second-order valence-electron chi connectivity index (χ2n) is 6.57. The maximum Gasteiger partial charge on any atom is 0.270 e. The third kappa shape index (κ3) is 5.71. The molecule has 0 aliphatic carbocycles. The average molecular weight is 457 g/mol. The molecule has 31 heavy (non-hydrogen) atoms. The quantitative estimate of drug-likeness (QED) is 0.134. The van der Waals surface area contributed by atoms with Crippen LogP contribution in [-0.2, 0) is 4.79 Å². The molecule has 1 amide bonds. The van der Waals surface area contributed by atoms with Crippen molar-refractivity contribution in [2.24, 2.45) is 0 Å². The van der Waals surface area contributed by atoms with Crippen LogP contribution in [0.4, 0.5) is 5.69 Å². The van der Waals surface area contributed by atoms with E-state index < -0.39 is 4.92 Å². The molecule has 7 nitrogen and oxygen atoms in total. The van der Waals surface area contributed by atoms with Gasteiger partial charge in [-0.2, -0.15) is 0 Å². The summed E-state index contributed by atoms with van der Waals surface area (Å²) in [6.07, 6.45) is 3.15. The van der Waals surface area contributed by atoms with Gasteiger partial charge in [-0.05, 0) is 31.2 Å². The van der Waals surface area contributed by atoms with E-state index in [-0.39, 0.29) is 18.2 Å². The summed E-state index contributed by atoms with van der Waals surface area (Å²) in [4.78, 5) is 25.1. The van der Waals surface area contributed by atoms with Crippen molar-refractivity contribution >= 4 is 46.0 Å². The molecule has 9 heteroatoms. The van der Waals surface area contributed by atoms with Gasteiger partial charge in [0.15, 0.2) is 0 Å². The Kier molecular flexibility index (Phi) is 7.43. The highest BCUT2D eigenvalue weighted by atomic mass is 32.2. The number of thiocarbonyl (C=S) groups is 1. The van der Waals surface area contributed by atoms with E-state index in [2.05, 4.69) is 6.58 Å². The van der Waals surface area contributed by atoms with Crippen LogP contribution in [0.3, 0.4) is 0 Å². The van der Waals surface area contributed by atoms with Gasteiger partial charge in [0.25, 0.3) is 11.6 Å². The Morgan fingerprint density at radius 2 is 1.90 bits per heavy atom. The number of nitro groups is 1. The van der Waals surface area contributed by atoms with E-state index in [0.717, 1.165) is 23.1 Å². The number of carbonyl (C=O) groups excluding carboxylic acids is 1. The number of non-ortho nitro benzene ring substituents is 1. The third-order valence-corrected chi connectivity index (χ3v) is 5.68. The Bertz CT molecular complexity index is 1050. The van der Waals surface area contributed by atoms with E-state index in [1.54, 1.807) is 12.2 Å². The molecule has 1 fully saturated rings. The van der Waals surface area contributed by atoms with Crippen LogP contribution in [0.1, 0.15) is 11.1 Å². The van der Waals surface area contributed by atoms with Gasteiger partial charge in [-0.15, -0.1) is 6.58 Å². The monoisotopic (exact) mass is 456 g/mol. The van der Waals surface area contributed by atoms with Crippen molar-refractivity contribution < 1.29 is 19.2 Å². The minimum atomic E-state index is -0.495. The van der Waals surface area contributed by atoms with Crippen molar-refractivity contribution in [3.8, 4) is 11.5 Å². The molecular formula is C22H20N2O5S2. The standard InChI is InChI=1S/C22H20N2O5S2/c1-3-10-23-21(25)20(31-22(23)30)14-16-13-17(24(26)27)6-9-19(16)29-12-11-28-18-7-4-15(2)5-8-18/h3-9,13-14H,1,10-12H2,2H3/b20-14+. The summed E-state index contributed by atoms with van der Waals surface area (Å²) in [5.41, 5.74) is 1.46. The maximum absolute atomic E-state index is 12.6. The summed E-state index contributed by atoms with van der Waals surface area (Å²) in [6.45, 7) is 6.44. The minimum Gasteiger partial charge on any atom is -0.490 e. The summed E-state index contributed by atoms with van der Waals surface area (Å²) in [5, 5.41) is 11.2. The zero-order valence-electron chi connectivity index (χ0n) is 16.8. The van der Waals surface area contributed by atoms with Crippen LogP contribution < -0.4 is 9.47 Å². The van der Waals surface area contributed by atoms with Crippen molar-refractivity contribution in [3.63, 3.8) is 0 Å². The first-order valence-corrected chi connectivity index (χ1v) is 10.6. The highest BCUT2D eigenvalue weighted by Gasteiger charge is 2.31. The molecular weight excluding hydrogens is 436 g/mol. The maximum atomic E-state index is 12.6. The van der Waals surface area contributed by atoms with Gasteiger partial charge in [-0.1, -0.05) is 47.8 Å². The molecule has 0 spiro atoms. The van der Waals surface area contributed by atoms with E-state index in [4.69, 9.17) is 21.7 Å². The Hall–Kier alpha value is -3.17. The summed E-state index contributed by atoms with van der Waals surface area (Å²) in [7, 11) is 0. The van der Waals surface area contributed by atoms with Crippen molar-refractivity contribution in [2.45, 2.75) is 6.92 Å². The number of nitrogens with zero attached hydrogens (tertiary/aromatic N) is 2. The molecule has 0 N–H and O–H groups in total. The lowest BCUT2D eigenvalue weighted by Crippen LogP contribution is -2.27. The van der Waals surface area contributed by atoms with Crippen LogP contribution in [0.5, 0.6) is 11.5 Å². The summed E-state index contributed by atoms with van der Waals surface area (Å²) < 4.78 is 11.9. The van der Waals surface area contributed by atoms with Gasteiger partial charge in [0.05, 0.1) is 9.83 Å². The second kappa shape index (κ2) is 10.2. The van der Waals surface area contributed by atoms with E-state index >= 15 is 0 Å². The van der Waals surface area contributed by atoms with Crippen molar-refractivity contribution in [1.82, 2.24) is 4.90 Å². The van der Waals surface area contributed by atoms with Gasteiger partial charge in [0, 0.05) is 24.2 Å². The molecule has 2 aromatic rings. The van der Waals surface area contributed by atoms with E-state index in [1.165, 1.54) is 23.1 Å². The molecule has 0 bridgehead atoms. The molecule has 0 saturated carbocycles. The van der Waals surface area contributed by atoms with Gasteiger partial charge in [-0.25, -0.2) is 0 Å². The summed E-state index contributed by atoms with van der Waals surface area (Å²) in [5.74, 6) is 0.867. The molecule has 1 aliphatic heterocycles. The first kappa shape index (κ1) is 22.5. The number of thioether (sulfide) groups is 1. The number of nitro benzene ring substituents is 1. The van der Waals surface area contributed by atoms with Gasteiger partial charge in [0.2, 0.25) is 0 Å². The molecule has 2 aromatic carbocycles. The first-order chi connectivity index (χ1) is 14.9. The third-order valence-electron chi connectivity index (χ3n) is 4.31. The molecule has 0 radical (unpaired) electrons. The van der Waals surface area contributed by atoms with Crippen LogP contribution in [0.15, 0.2) is 60.0 Å². The second-order valence-corrected chi connectivity index (χ2v) is 8.25. The molecule has 3 rings (SSSR count). The molecule has 1 heterocycles. The average Bonchev–Trinajstić information content (AvgIpc) is 3.01. The van der Waals surface area contributed by atoms with Crippen LogP contribution in [0.2, 0.25) is 0 Å². The fourth-order valence-corrected chi connectivity index (χ4v) is 4.03. The number of ether oxygens (including phenoxy) is 2. The molecule has 0 unspecified atom stereocenters. The van der Waals surface area contributed by atoms with Crippen molar-refractivity contribution in [3.05, 3.63) is 81.3 Å². The van der Waals surface area contributed by atoms with Crippen LogP contribution >= 0.6 is 24.0 Å². The van der Waals surface area contributed by atoms with E-state index in [0.29, 0.717) is 33.7 Å². The lowest BCUT2D eigenvalue weighted by atomic mass is 10.1. The summed E-state index contributed by atoms with van der Waals surface area (Å²) in [6, 6.07) is 11.9. The summed E-state index contributed by atoms with van der Waals surface area (Å²) >= 11 is 6.38. The Morgan fingerprint density at radius 1 is 1.19 bits per heavy atom. The Labute approximate surface area is 189 Å². The van der Waals surface area contributed by atoms with Crippen LogP contribution in [0, 0.1) is 17.0 Å². The van der Waals surface area contributed by atoms with Gasteiger partial charge in [0.1, 0.15) is 29.0 Å². The smallest absolute Gasteiger partial charge is 0.270 e. The number of carbonyl (C=O) groups is 1. The molecule has 0 aromatic heterocycles. The number of benzene rings is 2. The van der Waals surface area contributed by atoms with E-state index in [1.807, 2.05) is 31.2 Å². The lowest BCUT2D eigenvalue weighted by Gasteiger charge is -2.11. The lowest BCUT2D eigenvalue weighted by molar-refractivity contribution is -0.384. The van der Waals surface area contributed by atoms with Gasteiger partial charge in [-0.3, -0.25) is 19.8 Å². The normalized spacial score (nSPS) is 14.7. The largest absolute Gasteiger partial charge is 0.490 e. The number of amides is 1. The number of rotatable bonds is 9. The highest BCUT2D eigenvalue weighted by molar-refractivity contribution is 8.26. The van der Waals surface area contributed by atoms with Crippen molar-refractivity contribution in [1.29, 1.82) is 0 Å². The van der Waals surface area contributed by atoms with Crippen molar-refractivity contribution in [2.75, 3.05) is 19.8 Å². The first-order valence-electron chi connectivity index (χ1n) is 9.36. The predicted octanol–water partition coefficient (Wildman–Crippen LogP) is 4.75. The predicted molar refractivity (Wildman–Crippen MR) is 125 cm³/mol. The SMILES string of the molecule is C=CCN1C(=O)/C(=C\c2cc([N+](=O)[O-])ccc2OCCOc2ccc(C)cc2)SC1=S. The number of hydrogen-bond donors (Lipinski definition) is 0. The highest BCUT2D eigenvalue weighted by Crippen LogP contribution is 2.35. The zero-order valence-corrected chi connectivity index (χ0v) is 18.4. The molecule has 1 aliphatic rings. The van der Waals surface area contributed by atoms with Crippen LogP contribution in [0.25, 0.3) is 6.08 Å².